The minimum atomic E-state index is -1.23. The number of aromatic carboxylic acids is 1. The van der Waals surface area contributed by atoms with Crippen LogP contribution in [0.25, 0.3) is 10.2 Å². The number of fused-ring (bicyclic) bond motifs is 1. The van der Waals surface area contributed by atoms with Gasteiger partial charge in [0.25, 0.3) is 5.56 Å². The van der Waals surface area contributed by atoms with Gasteiger partial charge in [-0.15, -0.1) is 11.3 Å². The molecule has 2 aromatic rings. The van der Waals surface area contributed by atoms with E-state index in [0.29, 0.717) is 10.2 Å². The maximum Gasteiger partial charge on any atom is 0.372 e. The number of nitrogens with one attached hydrogen (secondary N) is 1. The monoisotopic (exact) mass is 196 g/mol. The number of H-pyrrole nitrogens is 1. The molecular weight excluding hydrogens is 192 g/mol. The zero-order valence-electron chi connectivity index (χ0n) is 6.27. The molecule has 0 amide bonds. The van der Waals surface area contributed by atoms with Crippen LogP contribution in [0.1, 0.15) is 10.6 Å². The van der Waals surface area contributed by atoms with Gasteiger partial charge in [-0.3, -0.25) is 9.78 Å². The van der Waals surface area contributed by atoms with Crippen molar-refractivity contribution in [3.63, 3.8) is 0 Å². The number of carbonyl (C=O) groups is 1. The average molecular weight is 196 g/mol. The zero-order chi connectivity index (χ0) is 9.42. The van der Waals surface area contributed by atoms with Gasteiger partial charge >= 0.3 is 5.97 Å². The Hall–Kier alpha value is -1.69. The Morgan fingerprint density at radius 2 is 2.38 bits per heavy atom. The Balaban J connectivity index is 2.85. The summed E-state index contributed by atoms with van der Waals surface area (Å²) in [5.41, 5.74) is 0.0172. The molecule has 2 aromatic heterocycles. The molecule has 6 heteroatoms. The Morgan fingerprint density at radius 3 is 3.08 bits per heavy atom. The molecule has 0 fully saturated rings. The lowest BCUT2D eigenvalue weighted by atomic mass is 10.4. The van der Waals surface area contributed by atoms with Gasteiger partial charge < -0.3 is 5.11 Å². The molecule has 0 aliphatic carbocycles. The second-order valence-corrected chi connectivity index (χ2v) is 3.27. The van der Waals surface area contributed by atoms with E-state index in [0.717, 1.165) is 0 Å². The van der Waals surface area contributed by atoms with Gasteiger partial charge in [0.2, 0.25) is 5.82 Å². The summed E-state index contributed by atoms with van der Waals surface area (Å²) >= 11 is 1.24. The molecule has 0 saturated heterocycles. The van der Waals surface area contributed by atoms with Gasteiger partial charge in [0.05, 0.1) is 5.52 Å². The number of nitrogens with zero attached hydrogens (tertiary/aromatic N) is 1. The Bertz CT molecular complexity index is 528. The average Bonchev–Trinajstić information content (AvgIpc) is 2.51. The standard InChI is InChI=1S/C7H4N2O3S/c10-6-4-3(1-2-13-4)8-5(9-6)7(11)12/h1-2H,(H,11,12)(H,8,9,10). The second-order valence-electron chi connectivity index (χ2n) is 2.35. The van der Waals surface area contributed by atoms with E-state index in [2.05, 4.69) is 9.97 Å². The molecule has 0 aromatic carbocycles. The van der Waals surface area contributed by atoms with E-state index < -0.39 is 11.5 Å². The summed E-state index contributed by atoms with van der Waals surface area (Å²) in [5.74, 6) is -1.55. The normalized spacial score (nSPS) is 10.5. The largest absolute Gasteiger partial charge is 0.475 e. The third-order valence-electron chi connectivity index (χ3n) is 1.52. The van der Waals surface area contributed by atoms with E-state index in [4.69, 9.17) is 5.11 Å². The van der Waals surface area contributed by atoms with Crippen LogP contribution in [-0.2, 0) is 0 Å². The van der Waals surface area contributed by atoms with Gasteiger partial charge in [0.1, 0.15) is 4.70 Å². The van der Waals surface area contributed by atoms with Crippen LogP contribution in [0.15, 0.2) is 16.2 Å². The van der Waals surface area contributed by atoms with Crippen LogP contribution >= 0.6 is 11.3 Å². The van der Waals surface area contributed by atoms with E-state index in [9.17, 15) is 9.59 Å². The van der Waals surface area contributed by atoms with E-state index in [1.165, 1.54) is 11.3 Å². The predicted octanol–water partition coefficient (Wildman–Crippen LogP) is 0.683. The molecular formula is C7H4N2O3S. The Labute approximate surface area is 75.7 Å². The van der Waals surface area contributed by atoms with Crippen LogP contribution in [-0.4, -0.2) is 21.0 Å². The minimum absolute atomic E-state index is 0.323. The maximum absolute atomic E-state index is 11.2. The first kappa shape index (κ1) is 7.93. The van der Waals surface area contributed by atoms with Crippen molar-refractivity contribution in [2.24, 2.45) is 0 Å². The van der Waals surface area contributed by atoms with E-state index in [1.54, 1.807) is 11.4 Å². The van der Waals surface area contributed by atoms with Gasteiger partial charge in [-0.25, -0.2) is 9.78 Å². The van der Waals surface area contributed by atoms with Crippen LogP contribution < -0.4 is 5.56 Å². The number of thiophene rings is 1. The van der Waals surface area contributed by atoms with Crippen molar-refractivity contribution >= 4 is 27.5 Å². The minimum Gasteiger partial charge on any atom is -0.475 e. The molecule has 2 rings (SSSR count). The van der Waals surface area contributed by atoms with Gasteiger partial charge in [-0.05, 0) is 11.4 Å². The van der Waals surface area contributed by atoms with Crippen molar-refractivity contribution in [1.29, 1.82) is 0 Å². The number of aromatic nitrogens is 2. The lowest BCUT2D eigenvalue weighted by Gasteiger charge is -1.92. The van der Waals surface area contributed by atoms with Crippen molar-refractivity contribution in [3.05, 3.63) is 27.6 Å². The highest BCUT2D eigenvalue weighted by Gasteiger charge is 2.09. The van der Waals surface area contributed by atoms with Crippen molar-refractivity contribution in [3.8, 4) is 0 Å². The number of aromatic amines is 1. The molecule has 0 aliphatic heterocycles. The van der Waals surface area contributed by atoms with Crippen LogP contribution in [0.5, 0.6) is 0 Å². The first-order valence-corrected chi connectivity index (χ1v) is 4.27. The lowest BCUT2D eigenvalue weighted by molar-refractivity contribution is 0.0683. The predicted molar refractivity (Wildman–Crippen MR) is 47.2 cm³/mol. The highest BCUT2D eigenvalue weighted by atomic mass is 32.1. The van der Waals surface area contributed by atoms with Crippen LogP contribution in [0.4, 0.5) is 0 Å². The molecule has 2 N–H and O–H groups in total. The van der Waals surface area contributed by atoms with Gasteiger partial charge in [0.15, 0.2) is 0 Å². The van der Waals surface area contributed by atoms with Crippen LogP contribution in [0.2, 0.25) is 0 Å². The fourth-order valence-electron chi connectivity index (χ4n) is 0.974. The van der Waals surface area contributed by atoms with Crippen molar-refractivity contribution in [2.45, 2.75) is 0 Å². The molecule has 0 aliphatic rings. The summed E-state index contributed by atoms with van der Waals surface area (Å²) in [6.07, 6.45) is 0. The summed E-state index contributed by atoms with van der Waals surface area (Å²) in [6.45, 7) is 0. The van der Waals surface area contributed by atoms with E-state index >= 15 is 0 Å². The fraction of sp³-hybridized carbons (Fsp3) is 0. The summed E-state index contributed by atoms with van der Waals surface area (Å²) in [6, 6.07) is 1.61. The fourth-order valence-corrected chi connectivity index (χ4v) is 1.70. The molecule has 2 heterocycles. The third kappa shape index (κ3) is 1.20. The summed E-state index contributed by atoms with van der Waals surface area (Å²) in [7, 11) is 0. The van der Waals surface area contributed by atoms with Gasteiger partial charge in [-0.1, -0.05) is 0 Å². The Morgan fingerprint density at radius 1 is 1.62 bits per heavy atom. The zero-order valence-corrected chi connectivity index (χ0v) is 7.09. The second kappa shape index (κ2) is 2.67. The number of carboxylic acids is 1. The summed E-state index contributed by atoms with van der Waals surface area (Å²) < 4.78 is 0.449. The van der Waals surface area contributed by atoms with Crippen molar-refractivity contribution in [2.75, 3.05) is 0 Å². The highest BCUT2D eigenvalue weighted by molar-refractivity contribution is 7.17. The van der Waals surface area contributed by atoms with Crippen LogP contribution in [0.3, 0.4) is 0 Å². The molecule has 66 valence electrons. The maximum atomic E-state index is 11.2. The number of hydrogen-bond acceptors (Lipinski definition) is 4. The highest BCUT2D eigenvalue weighted by Crippen LogP contribution is 2.13. The van der Waals surface area contributed by atoms with Crippen molar-refractivity contribution < 1.29 is 9.90 Å². The molecule has 5 nitrogen and oxygen atoms in total. The van der Waals surface area contributed by atoms with Gasteiger partial charge in [0, 0.05) is 0 Å². The topological polar surface area (TPSA) is 83.0 Å². The van der Waals surface area contributed by atoms with Crippen LogP contribution in [0, 0.1) is 0 Å². The lowest BCUT2D eigenvalue weighted by Crippen LogP contribution is -2.14. The first-order valence-electron chi connectivity index (χ1n) is 3.39. The van der Waals surface area contributed by atoms with Gasteiger partial charge in [-0.2, -0.15) is 0 Å². The molecule has 0 spiro atoms. The van der Waals surface area contributed by atoms with Crippen molar-refractivity contribution in [1.82, 2.24) is 9.97 Å². The smallest absolute Gasteiger partial charge is 0.372 e. The summed E-state index contributed by atoms with van der Waals surface area (Å²) in [5, 5.41) is 10.3. The molecule has 0 unspecified atom stereocenters. The quantitative estimate of drug-likeness (QED) is 0.702. The SMILES string of the molecule is O=C(O)c1nc2ccsc2c(=O)[nH]1. The van der Waals surface area contributed by atoms with E-state index in [1.807, 2.05) is 0 Å². The number of rotatable bonds is 1. The Kier molecular flexibility index (Phi) is 1.63. The molecule has 0 bridgehead atoms. The number of hydrogen-bond donors (Lipinski definition) is 2. The molecule has 13 heavy (non-hydrogen) atoms. The first-order chi connectivity index (χ1) is 6.18. The molecule has 0 atom stereocenters. The molecule has 0 radical (unpaired) electrons. The molecule has 0 saturated carbocycles. The summed E-state index contributed by atoms with van der Waals surface area (Å²) in [4.78, 5) is 27.6. The third-order valence-corrected chi connectivity index (χ3v) is 2.42. The van der Waals surface area contributed by atoms with E-state index in [-0.39, 0.29) is 5.82 Å². The number of carboxylic acid groups (broad SMARTS) is 1.